The molecule has 0 amide bonds. The lowest BCUT2D eigenvalue weighted by Gasteiger charge is -2.10. The molecule has 1 atom stereocenters. The molecule has 0 spiro atoms. The number of hydrogen-bond acceptors (Lipinski definition) is 3. The molecule has 0 aliphatic rings. The molecule has 4 heteroatoms. The van der Waals surface area contributed by atoms with Crippen molar-refractivity contribution < 1.29 is 14.6 Å². The molecule has 1 aromatic rings. The molecule has 0 heterocycles. The maximum absolute atomic E-state index is 9.37. The summed E-state index contributed by atoms with van der Waals surface area (Å²) in [5.74, 6) is 0.641. The van der Waals surface area contributed by atoms with Crippen LogP contribution in [0.4, 0.5) is 0 Å². The Hall–Kier alpha value is -0.770. The van der Waals surface area contributed by atoms with Gasteiger partial charge < -0.3 is 14.6 Å². The molecule has 1 N–H and O–H groups in total. The zero-order valence-corrected chi connectivity index (χ0v) is 10.3. The number of ether oxygens (including phenoxy) is 2. The molecule has 0 aliphatic heterocycles. The first kappa shape index (κ1) is 13.3. The molecule has 0 aliphatic carbocycles. The summed E-state index contributed by atoms with van der Waals surface area (Å²) in [5, 5.41) is 9.89. The largest absolute Gasteiger partial charge is 0.492 e. The summed E-state index contributed by atoms with van der Waals surface area (Å²) >= 11 is 6.02. The van der Waals surface area contributed by atoms with Crippen LogP contribution in [0.25, 0.3) is 0 Å². The summed E-state index contributed by atoms with van der Waals surface area (Å²) in [5.41, 5.74) is 0.786. The number of halogens is 1. The highest BCUT2D eigenvalue weighted by atomic mass is 35.5. The molecule has 0 unspecified atom stereocenters. The first-order chi connectivity index (χ1) is 7.65. The number of methoxy groups -OCH3 is 1. The van der Waals surface area contributed by atoms with Crippen molar-refractivity contribution in [1.29, 1.82) is 0 Å². The number of rotatable bonds is 6. The monoisotopic (exact) mass is 244 g/mol. The van der Waals surface area contributed by atoms with Crippen LogP contribution in [0.15, 0.2) is 18.2 Å². The Kier molecular flexibility index (Phi) is 5.60. The molecular formula is C12H17ClO3. The fraction of sp³-hybridized carbons (Fsp3) is 0.500. The van der Waals surface area contributed by atoms with Gasteiger partial charge in [-0.1, -0.05) is 17.7 Å². The standard InChI is InChI=1S/C12H17ClO3/c1-9(14)10-4-5-12(11(13)8-10)16-7-3-6-15-2/h4-5,8-9,14H,3,6-7H2,1-2H3/t9-/m1/s1. The van der Waals surface area contributed by atoms with E-state index < -0.39 is 6.10 Å². The van der Waals surface area contributed by atoms with E-state index in [0.717, 1.165) is 12.0 Å². The van der Waals surface area contributed by atoms with Crippen LogP contribution in [0.2, 0.25) is 5.02 Å². The number of benzene rings is 1. The van der Waals surface area contributed by atoms with Crippen LogP contribution < -0.4 is 4.74 Å². The van der Waals surface area contributed by atoms with E-state index in [1.54, 1.807) is 26.2 Å². The molecule has 0 saturated heterocycles. The highest BCUT2D eigenvalue weighted by Gasteiger charge is 2.06. The lowest BCUT2D eigenvalue weighted by Crippen LogP contribution is -2.02. The van der Waals surface area contributed by atoms with Crippen LogP contribution in [0.3, 0.4) is 0 Å². The smallest absolute Gasteiger partial charge is 0.137 e. The molecule has 3 nitrogen and oxygen atoms in total. The lowest BCUT2D eigenvalue weighted by atomic mass is 10.1. The molecule has 0 aromatic heterocycles. The van der Waals surface area contributed by atoms with Crippen molar-refractivity contribution in [3.8, 4) is 5.75 Å². The Bertz CT molecular complexity index is 326. The second kappa shape index (κ2) is 6.74. The fourth-order valence-corrected chi connectivity index (χ4v) is 1.52. The number of aliphatic hydroxyl groups excluding tert-OH is 1. The summed E-state index contributed by atoms with van der Waals surface area (Å²) in [4.78, 5) is 0. The number of aliphatic hydroxyl groups is 1. The van der Waals surface area contributed by atoms with Gasteiger partial charge in [0.05, 0.1) is 17.7 Å². The predicted molar refractivity (Wildman–Crippen MR) is 64.1 cm³/mol. The molecule has 0 radical (unpaired) electrons. The third-order valence-corrected chi connectivity index (χ3v) is 2.48. The van der Waals surface area contributed by atoms with E-state index in [2.05, 4.69) is 0 Å². The Balaban J connectivity index is 2.54. The highest BCUT2D eigenvalue weighted by Crippen LogP contribution is 2.27. The minimum absolute atomic E-state index is 0.514. The van der Waals surface area contributed by atoms with Gasteiger partial charge in [-0.15, -0.1) is 0 Å². The van der Waals surface area contributed by atoms with Gasteiger partial charge in [-0.2, -0.15) is 0 Å². The molecule has 1 aromatic carbocycles. The zero-order valence-electron chi connectivity index (χ0n) is 9.57. The van der Waals surface area contributed by atoms with Crippen LogP contribution in [0, 0.1) is 0 Å². The van der Waals surface area contributed by atoms with Crippen molar-refractivity contribution in [2.24, 2.45) is 0 Å². The van der Waals surface area contributed by atoms with Crippen molar-refractivity contribution in [1.82, 2.24) is 0 Å². The summed E-state index contributed by atoms with van der Waals surface area (Å²) in [7, 11) is 1.66. The third kappa shape index (κ3) is 4.00. The topological polar surface area (TPSA) is 38.7 Å². The van der Waals surface area contributed by atoms with Crippen LogP contribution in [0.1, 0.15) is 25.0 Å². The van der Waals surface area contributed by atoms with Gasteiger partial charge in [-0.05, 0) is 24.6 Å². The molecular weight excluding hydrogens is 228 g/mol. The van der Waals surface area contributed by atoms with E-state index in [1.807, 2.05) is 6.07 Å². The molecule has 1 rings (SSSR count). The molecule has 0 saturated carbocycles. The molecule has 16 heavy (non-hydrogen) atoms. The van der Waals surface area contributed by atoms with Crippen LogP contribution in [-0.4, -0.2) is 25.4 Å². The summed E-state index contributed by atoms with van der Waals surface area (Å²) < 4.78 is 10.4. The van der Waals surface area contributed by atoms with Crippen LogP contribution in [-0.2, 0) is 4.74 Å². The average Bonchev–Trinajstić information content (AvgIpc) is 2.26. The van der Waals surface area contributed by atoms with Gasteiger partial charge in [-0.25, -0.2) is 0 Å². The quantitative estimate of drug-likeness (QED) is 0.782. The van der Waals surface area contributed by atoms with E-state index >= 15 is 0 Å². The number of hydrogen-bond donors (Lipinski definition) is 1. The van der Waals surface area contributed by atoms with Crippen molar-refractivity contribution in [2.75, 3.05) is 20.3 Å². The van der Waals surface area contributed by atoms with Gasteiger partial charge in [0, 0.05) is 20.1 Å². The second-order valence-corrected chi connectivity index (χ2v) is 3.97. The zero-order chi connectivity index (χ0) is 12.0. The van der Waals surface area contributed by atoms with Crippen LogP contribution >= 0.6 is 11.6 Å². The van der Waals surface area contributed by atoms with E-state index in [-0.39, 0.29) is 0 Å². The second-order valence-electron chi connectivity index (χ2n) is 3.56. The first-order valence-electron chi connectivity index (χ1n) is 5.24. The summed E-state index contributed by atoms with van der Waals surface area (Å²) in [6, 6.07) is 5.30. The SMILES string of the molecule is COCCCOc1ccc([C@@H](C)O)cc1Cl. The minimum atomic E-state index is -0.514. The third-order valence-electron chi connectivity index (χ3n) is 2.19. The van der Waals surface area contributed by atoms with Gasteiger partial charge in [0.1, 0.15) is 5.75 Å². The Morgan fingerprint density at radius 1 is 1.38 bits per heavy atom. The Morgan fingerprint density at radius 3 is 2.69 bits per heavy atom. The van der Waals surface area contributed by atoms with Gasteiger partial charge in [0.15, 0.2) is 0 Å². The van der Waals surface area contributed by atoms with Crippen molar-refractivity contribution >= 4 is 11.6 Å². The summed E-state index contributed by atoms with van der Waals surface area (Å²) in [6.07, 6.45) is 0.311. The molecule has 0 bridgehead atoms. The average molecular weight is 245 g/mol. The Morgan fingerprint density at radius 2 is 2.12 bits per heavy atom. The highest BCUT2D eigenvalue weighted by molar-refractivity contribution is 6.32. The van der Waals surface area contributed by atoms with E-state index in [4.69, 9.17) is 21.1 Å². The normalized spacial score (nSPS) is 12.5. The van der Waals surface area contributed by atoms with Crippen molar-refractivity contribution in [2.45, 2.75) is 19.4 Å². The van der Waals surface area contributed by atoms with Crippen molar-refractivity contribution in [3.63, 3.8) is 0 Å². The van der Waals surface area contributed by atoms with Gasteiger partial charge >= 0.3 is 0 Å². The Labute approximate surface area is 101 Å². The maximum atomic E-state index is 9.37. The van der Waals surface area contributed by atoms with Crippen LogP contribution in [0.5, 0.6) is 5.75 Å². The van der Waals surface area contributed by atoms with Crippen molar-refractivity contribution in [3.05, 3.63) is 28.8 Å². The lowest BCUT2D eigenvalue weighted by molar-refractivity contribution is 0.172. The molecule has 90 valence electrons. The summed E-state index contributed by atoms with van der Waals surface area (Å²) in [6.45, 7) is 2.94. The van der Waals surface area contributed by atoms with E-state index in [0.29, 0.717) is 24.0 Å². The molecule has 0 fully saturated rings. The first-order valence-corrected chi connectivity index (χ1v) is 5.62. The maximum Gasteiger partial charge on any atom is 0.137 e. The predicted octanol–water partition coefficient (Wildman–Crippen LogP) is 2.81. The fourth-order valence-electron chi connectivity index (χ4n) is 1.28. The van der Waals surface area contributed by atoms with Gasteiger partial charge in [0.2, 0.25) is 0 Å². The van der Waals surface area contributed by atoms with E-state index in [1.165, 1.54) is 0 Å². The van der Waals surface area contributed by atoms with Gasteiger partial charge in [0.25, 0.3) is 0 Å². The van der Waals surface area contributed by atoms with E-state index in [9.17, 15) is 5.11 Å². The minimum Gasteiger partial charge on any atom is -0.492 e. The van der Waals surface area contributed by atoms with Gasteiger partial charge in [-0.3, -0.25) is 0 Å².